The van der Waals surface area contributed by atoms with Crippen molar-refractivity contribution in [1.82, 2.24) is 10.3 Å². The third-order valence-electron chi connectivity index (χ3n) is 1.88. The number of pyridine rings is 1. The summed E-state index contributed by atoms with van der Waals surface area (Å²) < 4.78 is 5.12. The van der Waals surface area contributed by atoms with Crippen LogP contribution in [-0.4, -0.2) is 21.8 Å². The van der Waals surface area contributed by atoms with Gasteiger partial charge in [-0.2, -0.15) is 0 Å². The van der Waals surface area contributed by atoms with Crippen LogP contribution in [0.2, 0.25) is 0 Å². The standard InChI is InChI=1S/C13H18N2O3S/c1-9(16)19-11-6-5-10(7-14-11)8-15-12(17)18-13(2,3)4/h5-7H,8H2,1-4H3,(H,15,17). The quantitative estimate of drug-likeness (QED) is 0.863. The molecule has 1 heterocycles. The van der Waals surface area contributed by atoms with Gasteiger partial charge in [-0.3, -0.25) is 4.79 Å². The minimum atomic E-state index is -0.510. The van der Waals surface area contributed by atoms with Gasteiger partial charge in [0, 0.05) is 19.7 Å². The lowest BCUT2D eigenvalue weighted by molar-refractivity contribution is -0.109. The van der Waals surface area contributed by atoms with Crippen LogP contribution in [-0.2, 0) is 16.1 Å². The number of carbonyl (C=O) groups is 2. The molecule has 0 saturated carbocycles. The smallest absolute Gasteiger partial charge is 0.407 e. The molecule has 1 aromatic rings. The number of nitrogens with zero attached hydrogens (tertiary/aromatic N) is 1. The lowest BCUT2D eigenvalue weighted by Crippen LogP contribution is -2.32. The number of ether oxygens (including phenoxy) is 1. The van der Waals surface area contributed by atoms with Gasteiger partial charge in [0.25, 0.3) is 0 Å². The van der Waals surface area contributed by atoms with Crippen LogP contribution in [0.1, 0.15) is 33.3 Å². The monoisotopic (exact) mass is 282 g/mol. The molecule has 0 aromatic carbocycles. The fraction of sp³-hybridized carbons (Fsp3) is 0.462. The first-order valence-corrected chi connectivity index (χ1v) is 6.68. The molecule has 19 heavy (non-hydrogen) atoms. The number of carbonyl (C=O) groups excluding carboxylic acids is 2. The van der Waals surface area contributed by atoms with Crippen LogP contribution in [0.5, 0.6) is 0 Å². The van der Waals surface area contributed by atoms with Crippen molar-refractivity contribution in [3.63, 3.8) is 0 Å². The highest BCUT2D eigenvalue weighted by Crippen LogP contribution is 2.15. The number of nitrogens with one attached hydrogen (secondary N) is 1. The Morgan fingerprint density at radius 1 is 1.37 bits per heavy atom. The van der Waals surface area contributed by atoms with E-state index in [-0.39, 0.29) is 5.12 Å². The summed E-state index contributed by atoms with van der Waals surface area (Å²) in [6.45, 7) is 7.25. The Bertz CT molecular complexity index is 452. The maximum absolute atomic E-state index is 11.4. The topological polar surface area (TPSA) is 68.3 Å². The summed E-state index contributed by atoms with van der Waals surface area (Å²) in [4.78, 5) is 26.5. The lowest BCUT2D eigenvalue weighted by Gasteiger charge is -2.19. The van der Waals surface area contributed by atoms with Gasteiger partial charge < -0.3 is 10.1 Å². The molecule has 0 unspecified atom stereocenters. The number of aromatic nitrogens is 1. The molecule has 0 aliphatic carbocycles. The largest absolute Gasteiger partial charge is 0.444 e. The molecule has 1 rings (SSSR count). The molecule has 0 spiro atoms. The van der Waals surface area contributed by atoms with Crippen molar-refractivity contribution in [3.05, 3.63) is 23.9 Å². The van der Waals surface area contributed by atoms with Crippen molar-refractivity contribution in [2.45, 2.75) is 44.9 Å². The van der Waals surface area contributed by atoms with Gasteiger partial charge in [0.05, 0.1) is 0 Å². The summed E-state index contributed by atoms with van der Waals surface area (Å²) in [5.74, 6) is 0. The Balaban J connectivity index is 2.46. The molecular formula is C13H18N2O3S. The maximum Gasteiger partial charge on any atom is 0.407 e. The van der Waals surface area contributed by atoms with Crippen LogP contribution < -0.4 is 5.32 Å². The number of alkyl carbamates (subject to hydrolysis) is 1. The molecule has 0 fully saturated rings. The molecule has 104 valence electrons. The minimum Gasteiger partial charge on any atom is -0.444 e. The SMILES string of the molecule is CC(=O)Sc1ccc(CNC(=O)OC(C)(C)C)cn1. The minimum absolute atomic E-state index is 0.00729. The van der Waals surface area contributed by atoms with Gasteiger partial charge in [-0.25, -0.2) is 9.78 Å². The molecule has 1 aromatic heterocycles. The normalized spacial score (nSPS) is 10.9. The van der Waals surface area contributed by atoms with Crippen LogP contribution in [0.15, 0.2) is 23.4 Å². The average molecular weight is 282 g/mol. The second-order valence-electron chi connectivity index (χ2n) is 4.95. The Kier molecular flexibility index (Phi) is 5.35. The van der Waals surface area contributed by atoms with Crippen LogP contribution >= 0.6 is 11.8 Å². The number of rotatable bonds is 3. The zero-order chi connectivity index (χ0) is 14.5. The van der Waals surface area contributed by atoms with Crippen molar-refractivity contribution >= 4 is 23.0 Å². The van der Waals surface area contributed by atoms with Crippen molar-refractivity contribution in [2.24, 2.45) is 0 Å². The van der Waals surface area contributed by atoms with E-state index in [1.807, 2.05) is 26.8 Å². The molecule has 5 nitrogen and oxygen atoms in total. The average Bonchev–Trinajstić information content (AvgIpc) is 2.25. The molecule has 1 N–H and O–H groups in total. The zero-order valence-electron chi connectivity index (χ0n) is 11.5. The van der Waals surface area contributed by atoms with Gasteiger partial charge in [-0.1, -0.05) is 6.07 Å². The van der Waals surface area contributed by atoms with E-state index in [1.54, 1.807) is 12.3 Å². The third kappa shape index (κ3) is 6.81. The summed E-state index contributed by atoms with van der Waals surface area (Å²) in [5.41, 5.74) is 0.336. The van der Waals surface area contributed by atoms with Crippen LogP contribution in [0.25, 0.3) is 0 Å². The van der Waals surface area contributed by atoms with Crippen LogP contribution in [0.4, 0.5) is 4.79 Å². The Labute approximate surface area is 117 Å². The van der Waals surface area contributed by atoms with E-state index >= 15 is 0 Å². The van der Waals surface area contributed by atoms with Gasteiger partial charge in [0.2, 0.25) is 0 Å². The molecule has 0 atom stereocenters. The first-order chi connectivity index (χ1) is 8.76. The van der Waals surface area contributed by atoms with E-state index in [1.165, 1.54) is 6.92 Å². The van der Waals surface area contributed by atoms with E-state index in [0.29, 0.717) is 11.6 Å². The zero-order valence-corrected chi connectivity index (χ0v) is 12.3. The predicted molar refractivity (Wildman–Crippen MR) is 73.8 cm³/mol. The number of thioether (sulfide) groups is 1. The van der Waals surface area contributed by atoms with Gasteiger partial charge in [-0.05, 0) is 44.2 Å². The van der Waals surface area contributed by atoms with Gasteiger partial charge in [0.15, 0.2) is 5.12 Å². The Morgan fingerprint density at radius 3 is 2.53 bits per heavy atom. The van der Waals surface area contributed by atoms with Gasteiger partial charge in [0.1, 0.15) is 10.6 Å². The fourth-order valence-corrected chi connectivity index (χ4v) is 1.75. The summed E-state index contributed by atoms with van der Waals surface area (Å²) >= 11 is 1.08. The second-order valence-corrected chi connectivity index (χ2v) is 6.15. The molecule has 6 heteroatoms. The summed E-state index contributed by atoms with van der Waals surface area (Å²) in [7, 11) is 0. The molecule has 0 bridgehead atoms. The van der Waals surface area contributed by atoms with Crippen molar-refractivity contribution in [1.29, 1.82) is 0 Å². The predicted octanol–water partition coefficient (Wildman–Crippen LogP) is 2.74. The van der Waals surface area contributed by atoms with Crippen LogP contribution in [0.3, 0.4) is 0 Å². The lowest BCUT2D eigenvalue weighted by atomic mass is 10.2. The number of amides is 1. The third-order valence-corrected chi connectivity index (χ3v) is 2.62. The highest BCUT2D eigenvalue weighted by molar-refractivity contribution is 8.13. The molecule has 0 saturated heterocycles. The van der Waals surface area contributed by atoms with E-state index in [2.05, 4.69) is 10.3 Å². The second kappa shape index (κ2) is 6.56. The van der Waals surface area contributed by atoms with E-state index in [9.17, 15) is 9.59 Å². The summed E-state index contributed by atoms with van der Waals surface area (Å²) in [6.07, 6.45) is 1.16. The van der Waals surface area contributed by atoms with E-state index < -0.39 is 11.7 Å². The Morgan fingerprint density at radius 2 is 2.05 bits per heavy atom. The summed E-state index contributed by atoms with van der Waals surface area (Å²) in [5, 5.41) is 3.28. The molecule has 0 aliphatic rings. The Hall–Kier alpha value is -1.56. The summed E-state index contributed by atoms with van der Waals surface area (Å²) in [6, 6.07) is 3.56. The molecule has 1 amide bonds. The van der Waals surface area contributed by atoms with E-state index in [4.69, 9.17) is 4.74 Å². The van der Waals surface area contributed by atoms with Crippen molar-refractivity contribution < 1.29 is 14.3 Å². The fourth-order valence-electron chi connectivity index (χ4n) is 1.21. The van der Waals surface area contributed by atoms with Crippen LogP contribution in [0, 0.1) is 0 Å². The van der Waals surface area contributed by atoms with Gasteiger partial charge in [-0.15, -0.1) is 0 Å². The molecule has 0 aliphatic heterocycles. The molecule has 0 radical (unpaired) electrons. The van der Waals surface area contributed by atoms with Crippen molar-refractivity contribution in [2.75, 3.05) is 0 Å². The van der Waals surface area contributed by atoms with E-state index in [0.717, 1.165) is 17.3 Å². The number of hydrogen-bond acceptors (Lipinski definition) is 5. The van der Waals surface area contributed by atoms with Gasteiger partial charge >= 0.3 is 6.09 Å². The number of hydrogen-bond donors (Lipinski definition) is 1. The molecular weight excluding hydrogens is 264 g/mol. The highest BCUT2D eigenvalue weighted by atomic mass is 32.2. The first kappa shape index (κ1) is 15.5. The van der Waals surface area contributed by atoms with Crippen molar-refractivity contribution in [3.8, 4) is 0 Å². The highest BCUT2D eigenvalue weighted by Gasteiger charge is 2.15. The maximum atomic E-state index is 11.4. The first-order valence-electron chi connectivity index (χ1n) is 5.86.